The Morgan fingerprint density at radius 1 is 1.33 bits per heavy atom. The molecule has 0 saturated heterocycles. The second kappa shape index (κ2) is 17.1. The molecule has 0 aromatic carbocycles. The molecular weight excluding hydrogens is 156 g/mol. The monoisotopic (exact) mass is 180 g/mol. The normalized spacial score (nSPS) is 10.8. The molecule has 1 unspecified atom stereocenters. The maximum Gasteiger partial charge on any atom is 0.0659 e. The molecule has 4 nitrogen and oxygen atoms in total. The Morgan fingerprint density at radius 3 is 1.58 bits per heavy atom. The first-order valence-corrected chi connectivity index (χ1v) is 4.28. The average Bonchev–Trinajstić information content (AvgIpc) is 2.06. The van der Waals surface area contributed by atoms with Gasteiger partial charge in [-0.05, 0) is 6.42 Å². The van der Waals surface area contributed by atoms with Crippen LogP contribution in [-0.2, 0) is 0 Å². The molecule has 0 radical (unpaired) electrons. The maximum absolute atomic E-state index is 8.54. The molecule has 0 aliphatic carbocycles. The zero-order valence-electron chi connectivity index (χ0n) is 8.91. The highest BCUT2D eigenvalue weighted by Crippen LogP contribution is 1.81. The van der Waals surface area contributed by atoms with Gasteiger partial charge in [-0.1, -0.05) is 20.8 Å². The summed E-state index contributed by atoms with van der Waals surface area (Å²) in [6, 6.07) is 0. The number of aliphatic hydroxyl groups is 1. The van der Waals surface area contributed by atoms with E-state index >= 15 is 0 Å². The van der Waals surface area contributed by atoms with Crippen LogP contribution < -0.4 is 5.73 Å². The molecule has 0 aliphatic heterocycles. The van der Waals surface area contributed by atoms with E-state index in [1.807, 2.05) is 20.8 Å². The summed E-state index contributed by atoms with van der Waals surface area (Å²) in [5.74, 6) is 0. The molecule has 78 valence electrons. The van der Waals surface area contributed by atoms with E-state index in [4.69, 9.17) is 16.0 Å². The van der Waals surface area contributed by atoms with E-state index in [2.05, 4.69) is 0 Å². The third-order valence-electron chi connectivity index (χ3n) is 0.743. The molecule has 0 saturated carbocycles. The number of hydrogen-bond acceptors (Lipinski definition) is 4. The molecule has 0 aromatic heterocycles. The lowest BCUT2D eigenvalue weighted by Gasteiger charge is -1.98. The highest BCUT2D eigenvalue weighted by molar-refractivity contribution is 4.48. The van der Waals surface area contributed by atoms with Crippen LogP contribution in [0.4, 0.5) is 0 Å². The van der Waals surface area contributed by atoms with Crippen LogP contribution in [0.15, 0.2) is 0 Å². The van der Waals surface area contributed by atoms with E-state index in [1.54, 1.807) is 14.1 Å². The van der Waals surface area contributed by atoms with E-state index in [0.717, 1.165) is 11.5 Å². The van der Waals surface area contributed by atoms with Gasteiger partial charge in [-0.2, -0.15) is 5.06 Å². The molecule has 0 bridgehead atoms. The number of nitrogens with zero attached hydrogens (tertiary/aromatic N) is 1. The Kier molecular flexibility index (Phi) is 25.3. The first kappa shape index (κ1) is 17.8. The molecule has 0 fully saturated rings. The van der Waals surface area contributed by atoms with Crippen LogP contribution in [0.1, 0.15) is 27.2 Å². The van der Waals surface area contributed by atoms with Gasteiger partial charge in [0.25, 0.3) is 0 Å². The number of rotatable bonds is 2. The number of hydrogen-bond donors (Lipinski definition) is 3. The zero-order chi connectivity index (χ0) is 10.6. The van der Waals surface area contributed by atoms with Crippen molar-refractivity contribution < 1.29 is 10.3 Å². The van der Waals surface area contributed by atoms with Crippen molar-refractivity contribution in [2.75, 3.05) is 20.6 Å². The standard InChI is InChI=1S/C4H11NO.C2H7NO.C2H6/c1-2-4(6)3-5;1-3(2)4;1-2/h4,6H,2-3,5H2,1H3;4H,1-2H3;1-2H3. The lowest BCUT2D eigenvalue weighted by atomic mass is 10.3. The zero-order valence-corrected chi connectivity index (χ0v) is 8.91. The van der Waals surface area contributed by atoms with Gasteiger partial charge in [0.15, 0.2) is 0 Å². The summed E-state index contributed by atoms with van der Waals surface area (Å²) in [6.07, 6.45) is 0.473. The largest absolute Gasteiger partial charge is 0.392 e. The highest BCUT2D eigenvalue weighted by Gasteiger charge is 1.90. The van der Waals surface area contributed by atoms with Gasteiger partial charge in [-0.3, -0.25) is 0 Å². The molecule has 0 aliphatic rings. The number of hydroxylamine groups is 2. The quantitative estimate of drug-likeness (QED) is 0.547. The summed E-state index contributed by atoms with van der Waals surface area (Å²) in [6.45, 7) is 6.29. The van der Waals surface area contributed by atoms with Crippen molar-refractivity contribution in [1.82, 2.24) is 5.06 Å². The second-order valence-electron chi connectivity index (χ2n) is 2.14. The fourth-order valence-electron chi connectivity index (χ4n) is 0.167. The molecule has 12 heavy (non-hydrogen) atoms. The molecule has 0 aromatic rings. The lowest BCUT2D eigenvalue weighted by molar-refractivity contribution is -0.0372. The Labute approximate surface area is 75.9 Å². The van der Waals surface area contributed by atoms with E-state index < -0.39 is 0 Å². The minimum Gasteiger partial charge on any atom is -0.392 e. The Balaban J connectivity index is -0.000000118. The first-order chi connectivity index (χ1) is 5.54. The van der Waals surface area contributed by atoms with E-state index in [9.17, 15) is 0 Å². The Bertz CT molecular complexity index is 54.3. The predicted octanol–water partition coefficient (Wildman–Crippen LogP) is 0.679. The van der Waals surface area contributed by atoms with Crippen LogP contribution >= 0.6 is 0 Å². The molecule has 1 atom stereocenters. The molecule has 4 N–H and O–H groups in total. The third-order valence-corrected chi connectivity index (χ3v) is 0.743. The van der Waals surface area contributed by atoms with Gasteiger partial charge >= 0.3 is 0 Å². The third kappa shape index (κ3) is 52.1. The van der Waals surface area contributed by atoms with Crippen molar-refractivity contribution in [1.29, 1.82) is 0 Å². The lowest BCUT2D eigenvalue weighted by Crippen LogP contribution is -2.17. The first-order valence-electron chi connectivity index (χ1n) is 4.28. The van der Waals surface area contributed by atoms with Gasteiger partial charge in [-0.15, -0.1) is 0 Å². The topological polar surface area (TPSA) is 69.7 Å². The highest BCUT2D eigenvalue weighted by atomic mass is 16.5. The van der Waals surface area contributed by atoms with Crippen LogP contribution in [0.2, 0.25) is 0 Å². The van der Waals surface area contributed by atoms with Gasteiger partial charge in [0.1, 0.15) is 0 Å². The van der Waals surface area contributed by atoms with Crippen molar-refractivity contribution >= 4 is 0 Å². The predicted molar refractivity (Wildman–Crippen MR) is 52.2 cm³/mol. The molecule has 4 heteroatoms. The smallest absolute Gasteiger partial charge is 0.0659 e. The number of aliphatic hydroxyl groups excluding tert-OH is 1. The Morgan fingerprint density at radius 2 is 1.58 bits per heavy atom. The molecule has 0 amide bonds. The fraction of sp³-hybridized carbons (Fsp3) is 1.00. The van der Waals surface area contributed by atoms with Crippen molar-refractivity contribution in [3.05, 3.63) is 0 Å². The van der Waals surface area contributed by atoms with E-state index in [1.165, 1.54) is 0 Å². The van der Waals surface area contributed by atoms with Gasteiger partial charge in [0.05, 0.1) is 6.10 Å². The summed E-state index contributed by atoms with van der Waals surface area (Å²) >= 11 is 0. The summed E-state index contributed by atoms with van der Waals surface area (Å²) in [4.78, 5) is 0. The summed E-state index contributed by atoms with van der Waals surface area (Å²) in [7, 11) is 3.11. The molecule has 0 spiro atoms. The van der Waals surface area contributed by atoms with Crippen molar-refractivity contribution in [3.63, 3.8) is 0 Å². The molecular formula is C8H24N2O2. The van der Waals surface area contributed by atoms with Gasteiger partial charge in [0.2, 0.25) is 0 Å². The van der Waals surface area contributed by atoms with Crippen LogP contribution in [0.5, 0.6) is 0 Å². The Hall–Kier alpha value is -0.160. The summed E-state index contributed by atoms with van der Waals surface area (Å²) < 4.78 is 0. The molecule has 0 rings (SSSR count). The SMILES string of the molecule is CC.CCC(O)CN.CN(C)O. The van der Waals surface area contributed by atoms with Crippen LogP contribution in [0, 0.1) is 0 Å². The van der Waals surface area contributed by atoms with E-state index in [0.29, 0.717) is 6.54 Å². The minimum absolute atomic E-state index is 0.287. The number of nitrogens with two attached hydrogens (primary N) is 1. The summed E-state index contributed by atoms with van der Waals surface area (Å²) in [5, 5.41) is 17.4. The van der Waals surface area contributed by atoms with Crippen LogP contribution in [-0.4, -0.2) is 42.1 Å². The van der Waals surface area contributed by atoms with Crippen molar-refractivity contribution in [2.45, 2.75) is 33.3 Å². The van der Waals surface area contributed by atoms with Crippen molar-refractivity contribution in [3.8, 4) is 0 Å². The average molecular weight is 180 g/mol. The second-order valence-corrected chi connectivity index (χ2v) is 2.14. The van der Waals surface area contributed by atoms with Gasteiger partial charge in [-0.25, -0.2) is 0 Å². The van der Waals surface area contributed by atoms with Gasteiger partial charge in [0, 0.05) is 20.6 Å². The maximum atomic E-state index is 8.54. The van der Waals surface area contributed by atoms with Gasteiger partial charge < -0.3 is 16.0 Å². The van der Waals surface area contributed by atoms with Crippen LogP contribution in [0.3, 0.4) is 0 Å². The minimum atomic E-state index is -0.287. The van der Waals surface area contributed by atoms with Crippen LogP contribution in [0.25, 0.3) is 0 Å². The van der Waals surface area contributed by atoms with E-state index in [-0.39, 0.29) is 6.10 Å². The molecule has 0 heterocycles. The van der Waals surface area contributed by atoms with Crippen molar-refractivity contribution in [2.24, 2.45) is 5.73 Å². The fourth-order valence-corrected chi connectivity index (χ4v) is 0.167. The summed E-state index contributed by atoms with van der Waals surface area (Å²) in [5.41, 5.74) is 5.03.